The van der Waals surface area contributed by atoms with Crippen LogP contribution in [-0.4, -0.2) is 26.0 Å². The van der Waals surface area contributed by atoms with Crippen molar-refractivity contribution in [1.29, 1.82) is 0 Å². The summed E-state index contributed by atoms with van der Waals surface area (Å²) in [7, 11) is 0. The van der Waals surface area contributed by atoms with Crippen molar-refractivity contribution in [2.24, 2.45) is 0 Å². The monoisotopic (exact) mass is 299 g/mol. The van der Waals surface area contributed by atoms with E-state index in [-0.39, 0.29) is 5.69 Å². The summed E-state index contributed by atoms with van der Waals surface area (Å²) < 4.78 is 0. The predicted molar refractivity (Wildman–Crippen MR) is 81.5 cm³/mol. The molecule has 0 aliphatic heterocycles. The molecule has 0 fully saturated rings. The molecule has 0 saturated heterocycles. The second-order valence-electron chi connectivity index (χ2n) is 4.53. The molecule has 106 valence electrons. The van der Waals surface area contributed by atoms with Crippen LogP contribution in [-0.2, 0) is 6.42 Å². The lowest BCUT2D eigenvalue weighted by atomic mass is 10.1. The van der Waals surface area contributed by atoms with Crippen LogP contribution in [0.15, 0.2) is 36.1 Å². The van der Waals surface area contributed by atoms with Gasteiger partial charge in [0.25, 0.3) is 0 Å². The van der Waals surface area contributed by atoms with E-state index >= 15 is 0 Å². The van der Waals surface area contributed by atoms with Crippen molar-refractivity contribution >= 4 is 17.3 Å². The van der Waals surface area contributed by atoms with E-state index in [1.807, 2.05) is 17.6 Å². The number of H-pyrrole nitrogens is 1. The molecule has 0 aromatic carbocycles. The van der Waals surface area contributed by atoms with Gasteiger partial charge in [-0.15, -0.1) is 11.3 Å². The molecule has 0 unspecified atom stereocenters. The van der Waals surface area contributed by atoms with Crippen LogP contribution in [0.25, 0.3) is 21.8 Å². The van der Waals surface area contributed by atoms with Crippen LogP contribution in [0.1, 0.15) is 23.0 Å². The standard InChI is InChI=1S/C15H13N3O2S/c1-2-9-6-16-4-3-11(9)14-18-13(8-21-14)10-5-12(15(19)20)17-7-10/h3-8,17H,2H2,1H3,(H,19,20). The molecule has 2 N–H and O–H groups in total. The Morgan fingerprint density at radius 1 is 1.48 bits per heavy atom. The van der Waals surface area contributed by atoms with Gasteiger partial charge in [0.05, 0.1) is 5.69 Å². The molecule has 0 atom stereocenters. The van der Waals surface area contributed by atoms with Crippen LogP contribution in [0.3, 0.4) is 0 Å². The number of hydrogen-bond donors (Lipinski definition) is 2. The fourth-order valence-corrected chi connectivity index (χ4v) is 3.00. The highest BCUT2D eigenvalue weighted by molar-refractivity contribution is 7.13. The van der Waals surface area contributed by atoms with E-state index < -0.39 is 5.97 Å². The second kappa shape index (κ2) is 5.49. The van der Waals surface area contributed by atoms with E-state index in [1.165, 1.54) is 0 Å². The molecular weight excluding hydrogens is 286 g/mol. The van der Waals surface area contributed by atoms with Crippen LogP contribution in [0, 0.1) is 0 Å². The highest BCUT2D eigenvalue weighted by Gasteiger charge is 2.12. The minimum Gasteiger partial charge on any atom is -0.477 e. The van der Waals surface area contributed by atoms with Crippen LogP contribution >= 0.6 is 11.3 Å². The molecule has 5 nitrogen and oxygen atoms in total. The van der Waals surface area contributed by atoms with Crippen molar-refractivity contribution in [2.75, 3.05) is 0 Å². The van der Waals surface area contributed by atoms with Gasteiger partial charge in [0.1, 0.15) is 10.7 Å². The lowest BCUT2D eigenvalue weighted by Crippen LogP contribution is -1.94. The van der Waals surface area contributed by atoms with Gasteiger partial charge in [-0.25, -0.2) is 9.78 Å². The number of aromatic amines is 1. The summed E-state index contributed by atoms with van der Waals surface area (Å²) in [6.07, 6.45) is 6.17. The molecule has 6 heteroatoms. The number of rotatable bonds is 4. The molecule has 0 bridgehead atoms. The molecule has 0 radical (unpaired) electrons. The first-order chi connectivity index (χ1) is 10.2. The first kappa shape index (κ1) is 13.5. The van der Waals surface area contributed by atoms with Crippen LogP contribution in [0.5, 0.6) is 0 Å². The van der Waals surface area contributed by atoms with Gasteiger partial charge in [-0.05, 0) is 24.1 Å². The number of aryl methyl sites for hydroxylation is 1. The first-order valence-electron chi connectivity index (χ1n) is 6.50. The lowest BCUT2D eigenvalue weighted by Gasteiger charge is -2.02. The van der Waals surface area contributed by atoms with Crippen molar-refractivity contribution in [3.63, 3.8) is 0 Å². The Bertz CT molecular complexity index is 792. The average Bonchev–Trinajstić information content (AvgIpc) is 3.16. The third-order valence-electron chi connectivity index (χ3n) is 3.23. The minimum absolute atomic E-state index is 0.165. The SMILES string of the molecule is CCc1cnccc1-c1nc(-c2c[nH]c(C(=O)O)c2)cs1. The molecule has 3 heterocycles. The maximum absolute atomic E-state index is 10.9. The number of pyridine rings is 1. The molecule has 0 spiro atoms. The molecule has 3 aromatic rings. The zero-order chi connectivity index (χ0) is 14.8. The minimum atomic E-state index is -0.973. The third kappa shape index (κ3) is 2.57. The van der Waals surface area contributed by atoms with E-state index in [0.29, 0.717) is 0 Å². The second-order valence-corrected chi connectivity index (χ2v) is 5.39. The van der Waals surface area contributed by atoms with Crippen LogP contribution < -0.4 is 0 Å². The topological polar surface area (TPSA) is 78.9 Å². The Balaban J connectivity index is 1.97. The fraction of sp³-hybridized carbons (Fsp3) is 0.133. The highest BCUT2D eigenvalue weighted by Crippen LogP contribution is 2.31. The zero-order valence-electron chi connectivity index (χ0n) is 11.3. The molecule has 0 saturated carbocycles. The highest BCUT2D eigenvalue weighted by atomic mass is 32.1. The summed E-state index contributed by atoms with van der Waals surface area (Å²) >= 11 is 1.54. The van der Waals surface area contributed by atoms with Gasteiger partial charge in [0.15, 0.2) is 0 Å². The molecule has 21 heavy (non-hydrogen) atoms. The number of nitrogens with one attached hydrogen (secondary N) is 1. The molecule has 0 amide bonds. The number of hydrogen-bond acceptors (Lipinski definition) is 4. The normalized spacial score (nSPS) is 10.7. The number of carbonyl (C=O) groups is 1. The molecule has 0 aliphatic carbocycles. The molecule has 0 aliphatic rings. The van der Waals surface area contributed by atoms with Gasteiger partial charge in [0, 0.05) is 35.1 Å². The Morgan fingerprint density at radius 3 is 3.05 bits per heavy atom. The smallest absolute Gasteiger partial charge is 0.352 e. The number of carboxylic acids is 1. The van der Waals surface area contributed by atoms with Gasteiger partial charge in [-0.2, -0.15) is 0 Å². The van der Waals surface area contributed by atoms with E-state index in [0.717, 1.165) is 33.8 Å². The zero-order valence-corrected chi connectivity index (χ0v) is 12.1. The first-order valence-corrected chi connectivity index (χ1v) is 7.38. The van der Waals surface area contributed by atoms with Crippen molar-refractivity contribution in [1.82, 2.24) is 15.0 Å². The van der Waals surface area contributed by atoms with Gasteiger partial charge in [-0.3, -0.25) is 4.98 Å². The Kier molecular flexibility index (Phi) is 3.53. The van der Waals surface area contributed by atoms with Gasteiger partial charge in [0.2, 0.25) is 0 Å². The Labute approximate surface area is 125 Å². The van der Waals surface area contributed by atoms with E-state index in [4.69, 9.17) is 5.11 Å². The fourth-order valence-electron chi connectivity index (χ4n) is 2.11. The predicted octanol–water partition coefficient (Wildman–Crippen LogP) is 3.46. The number of aromatic nitrogens is 3. The maximum Gasteiger partial charge on any atom is 0.352 e. The molecular formula is C15H13N3O2S. The van der Waals surface area contributed by atoms with Crippen molar-refractivity contribution in [3.8, 4) is 21.8 Å². The number of carboxylic acid groups (broad SMARTS) is 1. The summed E-state index contributed by atoms with van der Waals surface area (Å²) in [5, 5.41) is 11.8. The Morgan fingerprint density at radius 2 is 2.33 bits per heavy atom. The van der Waals surface area contributed by atoms with E-state index in [2.05, 4.69) is 21.9 Å². The summed E-state index contributed by atoms with van der Waals surface area (Å²) in [4.78, 5) is 22.4. The quantitative estimate of drug-likeness (QED) is 0.773. The average molecular weight is 299 g/mol. The number of aromatic carboxylic acids is 1. The Hall–Kier alpha value is -2.47. The molecule has 3 rings (SSSR count). The third-order valence-corrected chi connectivity index (χ3v) is 4.10. The van der Waals surface area contributed by atoms with E-state index in [9.17, 15) is 4.79 Å². The van der Waals surface area contributed by atoms with Gasteiger partial charge >= 0.3 is 5.97 Å². The van der Waals surface area contributed by atoms with Crippen molar-refractivity contribution < 1.29 is 9.90 Å². The van der Waals surface area contributed by atoms with Crippen molar-refractivity contribution in [3.05, 3.63) is 47.4 Å². The lowest BCUT2D eigenvalue weighted by molar-refractivity contribution is 0.0691. The largest absolute Gasteiger partial charge is 0.477 e. The van der Waals surface area contributed by atoms with Gasteiger partial charge < -0.3 is 10.1 Å². The number of nitrogens with zero attached hydrogens (tertiary/aromatic N) is 2. The van der Waals surface area contributed by atoms with Gasteiger partial charge in [-0.1, -0.05) is 6.92 Å². The summed E-state index contributed by atoms with van der Waals surface area (Å²) in [6.45, 7) is 2.08. The number of thiazole rings is 1. The molecule has 3 aromatic heterocycles. The summed E-state index contributed by atoms with van der Waals surface area (Å²) in [5.41, 5.74) is 3.95. The van der Waals surface area contributed by atoms with Crippen molar-refractivity contribution in [2.45, 2.75) is 13.3 Å². The van der Waals surface area contributed by atoms with Crippen LogP contribution in [0.4, 0.5) is 0 Å². The summed E-state index contributed by atoms with van der Waals surface area (Å²) in [5.74, 6) is -0.973. The van der Waals surface area contributed by atoms with Crippen LogP contribution in [0.2, 0.25) is 0 Å². The van der Waals surface area contributed by atoms with E-state index in [1.54, 1.807) is 29.8 Å². The maximum atomic E-state index is 10.9. The summed E-state index contributed by atoms with van der Waals surface area (Å²) in [6, 6.07) is 3.55.